The van der Waals surface area contributed by atoms with Crippen LogP contribution in [-0.2, 0) is 6.54 Å². The Hall–Kier alpha value is -5.10. The number of nitrogens with two attached hydrogens (primary N) is 1. The molecule has 2 heterocycles. The van der Waals surface area contributed by atoms with E-state index in [0.717, 1.165) is 16.7 Å². The van der Waals surface area contributed by atoms with Gasteiger partial charge in [0.05, 0.1) is 11.1 Å². The number of aromatic nitrogens is 2. The van der Waals surface area contributed by atoms with Crippen LogP contribution in [0.5, 0.6) is 0 Å². The largest absolute Gasteiger partial charge is 0.478 e. The van der Waals surface area contributed by atoms with Crippen molar-refractivity contribution in [3.63, 3.8) is 0 Å². The molecule has 0 aliphatic rings. The summed E-state index contributed by atoms with van der Waals surface area (Å²) >= 11 is 0. The number of pyridine rings is 2. The molecule has 0 aliphatic heterocycles. The van der Waals surface area contributed by atoms with E-state index in [0.29, 0.717) is 23.5 Å². The lowest BCUT2D eigenvalue weighted by molar-refractivity contribution is 0.0697. The number of ketones is 1. The summed E-state index contributed by atoms with van der Waals surface area (Å²) in [5.41, 5.74) is 9.27. The van der Waals surface area contributed by atoms with Crippen molar-refractivity contribution in [2.75, 3.05) is 11.1 Å². The molecule has 38 heavy (non-hydrogen) atoms. The lowest BCUT2D eigenvalue weighted by atomic mass is 9.93. The molecule has 0 saturated carbocycles. The Kier molecular flexibility index (Phi) is 7.73. The van der Waals surface area contributed by atoms with Crippen molar-refractivity contribution in [3.8, 4) is 17.2 Å². The third-order valence-electron chi connectivity index (χ3n) is 6.14. The molecule has 0 bridgehead atoms. The number of carbonyl (C=O) groups excluding carboxylic acids is 1. The molecule has 0 spiro atoms. The first kappa shape index (κ1) is 26.0. The molecule has 9 heteroatoms. The fraction of sp³-hybridized carbons (Fsp3) is 0.138. The van der Waals surface area contributed by atoms with Gasteiger partial charge in [-0.15, -0.1) is 0 Å². The number of rotatable bonds is 9. The molecule has 0 aliphatic carbocycles. The predicted molar refractivity (Wildman–Crippen MR) is 141 cm³/mol. The van der Waals surface area contributed by atoms with Gasteiger partial charge in [-0.2, -0.15) is 5.26 Å². The second-order valence-electron chi connectivity index (χ2n) is 8.82. The van der Waals surface area contributed by atoms with Crippen LogP contribution >= 0.6 is 0 Å². The standard InChI is InChI=1S/C29H24FN5O3/c1-17(20-6-8-23(30)9-7-20)10-26(36)24-11-19(13-31)15-35-28(24)34-14-18-2-4-21(5-3-18)22-12-25(29(37)38)27(32)33-16-22/h2-9,11-12,15-17H,10,14H2,1H3,(H2,32,33)(H,34,35)(H,37,38)/t17-/m1/s1. The van der Waals surface area contributed by atoms with Crippen LogP contribution in [0.1, 0.15) is 56.7 Å². The van der Waals surface area contributed by atoms with Gasteiger partial charge in [-0.25, -0.2) is 19.2 Å². The molecule has 0 radical (unpaired) electrons. The number of hydrogen-bond donors (Lipinski definition) is 3. The number of nitriles is 1. The zero-order valence-corrected chi connectivity index (χ0v) is 20.5. The van der Waals surface area contributed by atoms with E-state index in [1.54, 1.807) is 12.1 Å². The number of halogens is 1. The van der Waals surface area contributed by atoms with Gasteiger partial charge in [0.15, 0.2) is 5.78 Å². The first-order valence-corrected chi connectivity index (χ1v) is 11.8. The van der Waals surface area contributed by atoms with Gasteiger partial charge in [-0.1, -0.05) is 43.3 Å². The Labute approximate surface area is 218 Å². The minimum absolute atomic E-state index is 0.0469. The van der Waals surface area contributed by atoms with Crippen molar-refractivity contribution in [1.29, 1.82) is 5.26 Å². The first-order chi connectivity index (χ1) is 18.2. The van der Waals surface area contributed by atoms with Gasteiger partial charge < -0.3 is 16.2 Å². The predicted octanol–water partition coefficient (Wildman–Crippen LogP) is 5.42. The summed E-state index contributed by atoms with van der Waals surface area (Å²) in [6.45, 7) is 2.24. The number of anilines is 2. The van der Waals surface area contributed by atoms with Crippen molar-refractivity contribution in [1.82, 2.24) is 9.97 Å². The third kappa shape index (κ3) is 5.99. The summed E-state index contributed by atoms with van der Waals surface area (Å²) in [5, 5.41) is 21.8. The quantitative estimate of drug-likeness (QED) is 0.254. The van der Waals surface area contributed by atoms with Crippen LogP contribution < -0.4 is 11.1 Å². The van der Waals surface area contributed by atoms with E-state index in [-0.39, 0.29) is 40.9 Å². The van der Waals surface area contributed by atoms with Gasteiger partial charge in [0.2, 0.25) is 0 Å². The maximum Gasteiger partial charge on any atom is 0.339 e. The zero-order valence-electron chi connectivity index (χ0n) is 20.5. The molecule has 2 aromatic carbocycles. The van der Waals surface area contributed by atoms with Gasteiger partial charge in [0.1, 0.15) is 29.1 Å². The van der Waals surface area contributed by atoms with Crippen molar-refractivity contribution < 1.29 is 19.1 Å². The van der Waals surface area contributed by atoms with Gasteiger partial charge in [-0.3, -0.25) is 4.79 Å². The summed E-state index contributed by atoms with van der Waals surface area (Å²) in [6, 6.07) is 18.4. The SMILES string of the molecule is C[C@H](CC(=O)c1cc(C#N)cnc1NCc1ccc(-c2cnc(N)c(C(=O)O)c2)cc1)c1ccc(F)cc1. The normalized spacial score (nSPS) is 11.4. The topological polar surface area (TPSA) is 142 Å². The Morgan fingerprint density at radius 3 is 2.39 bits per heavy atom. The Bertz CT molecular complexity index is 1530. The Balaban J connectivity index is 1.49. The highest BCUT2D eigenvalue weighted by Crippen LogP contribution is 2.26. The smallest absolute Gasteiger partial charge is 0.339 e. The molecule has 4 N–H and O–H groups in total. The second kappa shape index (κ2) is 11.3. The molecular formula is C29H24FN5O3. The number of carboxylic acids is 1. The van der Waals surface area contributed by atoms with Gasteiger partial charge in [0, 0.05) is 30.9 Å². The van der Waals surface area contributed by atoms with Crippen LogP contribution in [0.2, 0.25) is 0 Å². The molecular weight excluding hydrogens is 485 g/mol. The number of benzene rings is 2. The molecule has 2 aromatic heterocycles. The van der Waals surface area contributed by atoms with Crippen molar-refractivity contribution in [3.05, 3.63) is 107 Å². The number of hydrogen-bond acceptors (Lipinski definition) is 7. The highest BCUT2D eigenvalue weighted by Gasteiger charge is 2.18. The lowest BCUT2D eigenvalue weighted by Gasteiger charge is -2.14. The summed E-state index contributed by atoms with van der Waals surface area (Å²) in [5.74, 6) is -1.52. The number of Topliss-reactive ketones (excluding diaryl/α,β-unsaturated/α-hetero) is 1. The molecule has 190 valence electrons. The van der Waals surface area contributed by atoms with E-state index < -0.39 is 5.97 Å². The zero-order chi connectivity index (χ0) is 27.2. The summed E-state index contributed by atoms with van der Waals surface area (Å²) in [7, 11) is 0. The van der Waals surface area contributed by atoms with E-state index in [2.05, 4.69) is 15.3 Å². The molecule has 1 atom stereocenters. The summed E-state index contributed by atoms with van der Waals surface area (Å²) < 4.78 is 13.3. The second-order valence-corrected chi connectivity index (χ2v) is 8.82. The molecule has 0 saturated heterocycles. The summed E-state index contributed by atoms with van der Waals surface area (Å²) in [4.78, 5) is 32.8. The van der Waals surface area contributed by atoms with Crippen LogP contribution in [0.15, 0.2) is 73.1 Å². The molecule has 0 fully saturated rings. The minimum Gasteiger partial charge on any atom is -0.478 e. The van der Waals surface area contributed by atoms with Crippen LogP contribution in [0.4, 0.5) is 16.0 Å². The average molecular weight is 510 g/mol. The number of nitrogens with one attached hydrogen (secondary N) is 1. The highest BCUT2D eigenvalue weighted by molar-refractivity contribution is 6.01. The monoisotopic (exact) mass is 509 g/mol. The van der Waals surface area contributed by atoms with E-state index in [9.17, 15) is 24.3 Å². The lowest BCUT2D eigenvalue weighted by Crippen LogP contribution is -2.11. The van der Waals surface area contributed by atoms with Crippen LogP contribution in [-0.4, -0.2) is 26.8 Å². The highest BCUT2D eigenvalue weighted by atomic mass is 19.1. The first-order valence-electron chi connectivity index (χ1n) is 11.8. The third-order valence-corrected chi connectivity index (χ3v) is 6.14. The Morgan fingerprint density at radius 2 is 1.74 bits per heavy atom. The fourth-order valence-electron chi connectivity index (χ4n) is 3.98. The molecule has 0 unspecified atom stereocenters. The van der Waals surface area contributed by atoms with E-state index in [4.69, 9.17) is 5.73 Å². The number of nitrogen functional groups attached to an aromatic ring is 1. The maximum absolute atomic E-state index is 13.3. The minimum atomic E-state index is -1.15. The van der Waals surface area contributed by atoms with Crippen molar-refractivity contribution >= 4 is 23.4 Å². The number of carbonyl (C=O) groups is 2. The van der Waals surface area contributed by atoms with E-state index >= 15 is 0 Å². The molecule has 0 amide bonds. The number of carboxylic acid groups (broad SMARTS) is 1. The van der Waals surface area contributed by atoms with E-state index in [1.165, 1.54) is 36.7 Å². The van der Waals surface area contributed by atoms with Crippen LogP contribution in [0.25, 0.3) is 11.1 Å². The van der Waals surface area contributed by atoms with Gasteiger partial charge in [-0.05, 0) is 46.9 Å². The Morgan fingerprint density at radius 1 is 1.03 bits per heavy atom. The van der Waals surface area contributed by atoms with Gasteiger partial charge >= 0.3 is 5.97 Å². The van der Waals surface area contributed by atoms with Crippen molar-refractivity contribution in [2.45, 2.75) is 25.8 Å². The number of nitrogens with zero attached hydrogens (tertiary/aromatic N) is 3. The molecule has 8 nitrogen and oxygen atoms in total. The maximum atomic E-state index is 13.3. The van der Waals surface area contributed by atoms with E-state index in [1.807, 2.05) is 37.3 Å². The van der Waals surface area contributed by atoms with Gasteiger partial charge in [0.25, 0.3) is 0 Å². The molecule has 4 rings (SSSR count). The summed E-state index contributed by atoms with van der Waals surface area (Å²) in [6.07, 6.45) is 3.08. The van der Waals surface area contributed by atoms with Crippen LogP contribution in [0.3, 0.4) is 0 Å². The molecule has 4 aromatic rings. The van der Waals surface area contributed by atoms with Crippen LogP contribution in [0, 0.1) is 17.1 Å². The average Bonchev–Trinajstić information content (AvgIpc) is 2.92. The fourth-order valence-corrected chi connectivity index (χ4v) is 3.98. The van der Waals surface area contributed by atoms with Crippen molar-refractivity contribution in [2.24, 2.45) is 0 Å². The number of aromatic carboxylic acids is 1.